The summed E-state index contributed by atoms with van der Waals surface area (Å²) in [5.41, 5.74) is 1.18. The largest absolute Gasteiger partial charge is 0.467 e. The second-order valence-corrected chi connectivity index (χ2v) is 4.07. The average molecular weight is 226 g/mol. The van der Waals surface area contributed by atoms with E-state index in [0.717, 1.165) is 5.75 Å². The van der Waals surface area contributed by atoms with Crippen LogP contribution >= 0.6 is 11.8 Å². The second kappa shape index (κ2) is 6.48. The molecule has 0 bridgehead atoms. The van der Waals surface area contributed by atoms with Gasteiger partial charge >= 0.3 is 5.97 Å². The quantitative estimate of drug-likeness (QED) is 0.772. The third-order valence-corrected chi connectivity index (χ3v) is 2.95. The molecule has 82 valence electrons. The fourth-order valence-electron chi connectivity index (χ4n) is 1.07. The molecule has 3 nitrogen and oxygen atoms in total. The van der Waals surface area contributed by atoms with Crippen LogP contribution in [0.3, 0.4) is 0 Å². The summed E-state index contributed by atoms with van der Waals surface area (Å²) in [5.74, 6) is 0.576. The number of esters is 1. The van der Waals surface area contributed by atoms with Crippen molar-refractivity contribution in [3.8, 4) is 0 Å². The van der Waals surface area contributed by atoms with Gasteiger partial charge in [0.1, 0.15) is 0 Å². The zero-order valence-electron chi connectivity index (χ0n) is 8.55. The molecule has 1 N–H and O–H groups in total. The van der Waals surface area contributed by atoms with Crippen molar-refractivity contribution in [2.45, 2.75) is 11.9 Å². The van der Waals surface area contributed by atoms with Gasteiger partial charge in [0, 0.05) is 11.5 Å². The first-order valence-electron chi connectivity index (χ1n) is 4.61. The number of aliphatic hydroxyl groups is 1. The van der Waals surface area contributed by atoms with Crippen LogP contribution in [-0.4, -0.2) is 30.0 Å². The highest BCUT2D eigenvalue weighted by Crippen LogP contribution is 2.12. The Labute approximate surface area is 93.4 Å². The van der Waals surface area contributed by atoms with Gasteiger partial charge < -0.3 is 9.84 Å². The maximum absolute atomic E-state index is 10.9. The predicted molar refractivity (Wildman–Crippen MR) is 60.6 cm³/mol. The van der Waals surface area contributed by atoms with Gasteiger partial charge in [0.15, 0.2) is 6.10 Å². The standard InChI is InChI=1S/C11H14O3S/c1-14-11(13)10(12)8-15-7-9-5-3-2-4-6-9/h2-6,10,12H,7-8H2,1H3. The molecule has 0 saturated carbocycles. The number of rotatable bonds is 5. The zero-order chi connectivity index (χ0) is 11.1. The summed E-state index contributed by atoms with van der Waals surface area (Å²) in [6.07, 6.45) is -1.02. The second-order valence-electron chi connectivity index (χ2n) is 3.04. The Morgan fingerprint density at radius 3 is 2.73 bits per heavy atom. The maximum atomic E-state index is 10.9. The van der Waals surface area contributed by atoms with Gasteiger partial charge in [0.05, 0.1) is 7.11 Å². The van der Waals surface area contributed by atoms with E-state index in [-0.39, 0.29) is 0 Å². The van der Waals surface area contributed by atoms with Gasteiger partial charge in [0.25, 0.3) is 0 Å². The van der Waals surface area contributed by atoms with E-state index in [9.17, 15) is 9.90 Å². The molecule has 0 aromatic heterocycles. The van der Waals surface area contributed by atoms with E-state index < -0.39 is 12.1 Å². The third kappa shape index (κ3) is 4.36. The lowest BCUT2D eigenvalue weighted by molar-refractivity contribution is -0.149. The molecule has 1 aromatic rings. The number of hydrogen-bond donors (Lipinski definition) is 1. The number of methoxy groups -OCH3 is 1. The van der Waals surface area contributed by atoms with E-state index in [1.807, 2.05) is 30.3 Å². The molecule has 1 aromatic carbocycles. The lowest BCUT2D eigenvalue weighted by Crippen LogP contribution is -2.24. The highest BCUT2D eigenvalue weighted by molar-refractivity contribution is 7.98. The van der Waals surface area contributed by atoms with Crippen LogP contribution in [0.25, 0.3) is 0 Å². The molecule has 1 rings (SSSR count). The SMILES string of the molecule is COC(=O)C(O)CSCc1ccccc1. The molecular weight excluding hydrogens is 212 g/mol. The number of carbonyl (C=O) groups is 1. The molecule has 0 saturated heterocycles. The monoisotopic (exact) mass is 226 g/mol. The highest BCUT2D eigenvalue weighted by atomic mass is 32.2. The summed E-state index contributed by atoms with van der Waals surface area (Å²) < 4.78 is 4.41. The Kier molecular flexibility index (Phi) is 5.21. The number of thioether (sulfide) groups is 1. The summed E-state index contributed by atoms with van der Waals surface area (Å²) in [6, 6.07) is 9.91. The van der Waals surface area contributed by atoms with Crippen molar-refractivity contribution in [2.24, 2.45) is 0 Å². The maximum Gasteiger partial charge on any atom is 0.335 e. The average Bonchev–Trinajstić information content (AvgIpc) is 2.29. The van der Waals surface area contributed by atoms with Crippen LogP contribution in [0.15, 0.2) is 30.3 Å². The Hall–Kier alpha value is -1.00. The minimum absolute atomic E-state index is 0.363. The van der Waals surface area contributed by atoms with Crippen molar-refractivity contribution in [2.75, 3.05) is 12.9 Å². The fraction of sp³-hybridized carbons (Fsp3) is 0.364. The lowest BCUT2D eigenvalue weighted by Gasteiger charge is -2.07. The van der Waals surface area contributed by atoms with E-state index in [1.54, 1.807) is 0 Å². The Morgan fingerprint density at radius 2 is 2.13 bits per heavy atom. The lowest BCUT2D eigenvalue weighted by atomic mass is 10.2. The Bertz CT molecular complexity index is 300. The summed E-state index contributed by atoms with van der Waals surface area (Å²) >= 11 is 1.51. The van der Waals surface area contributed by atoms with Gasteiger partial charge in [0.2, 0.25) is 0 Å². The number of aliphatic hydroxyl groups excluding tert-OH is 1. The summed E-state index contributed by atoms with van der Waals surface area (Å²) in [6.45, 7) is 0. The third-order valence-electron chi connectivity index (χ3n) is 1.86. The molecule has 1 atom stereocenters. The van der Waals surface area contributed by atoms with Crippen LogP contribution in [0.2, 0.25) is 0 Å². The fourth-order valence-corrected chi connectivity index (χ4v) is 1.97. The van der Waals surface area contributed by atoms with Gasteiger partial charge in [-0.25, -0.2) is 4.79 Å². The molecule has 0 radical (unpaired) electrons. The van der Waals surface area contributed by atoms with Crippen LogP contribution < -0.4 is 0 Å². The number of hydrogen-bond acceptors (Lipinski definition) is 4. The molecule has 0 aliphatic heterocycles. The predicted octanol–water partition coefficient (Wildman–Crippen LogP) is 1.45. The number of carbonyl (C=O) groups excluding carboxylic acids is 1. The summed E-state index contributed by atoms with van der Waals surface area (Å²) in [4.78, 5) is 10.9. The number of benzene rings is 1. The Morgan fingerprint density at radius 1 is 1.47 bits per heavy atom. The molecule has 0 spiro atoms. The minimum Gasteiger partial charge on any atom is -0.467 e. The van der Waals surface area contributed by atoms with Gasteiger partial charge in [-0.3, -0.25) is 0 Å². The molecular formula is C11H14O3S. The van der Waals surface area contributed by atoms with Gasteiger partial charge in [-0.2, -0.15) is 11.8 Å². The topological polar surface area (TPSA) is 46.5 Å². The Balaban J connectivity index is 2.25. The van der Waals surface area contributed by atoms with Gasteiger partial charge in [-0.15, -0.1) is 0 Å². The smallest absolute Gasteiger partial charge is 0.335 e. The molecule has 0 fully saturated rings. The molecule has 1 unspecified atom stereocenters. The van der Waals surface area contributed by atoms with Gasteiger partial charge in [-0.1, -0.05) is 30.3 Å². The first kappa shape index (κ1) is 12.1. The highest BCUT2D eigenvalue weighted by Gasteiger charge is 2.14. The van der Waals surface area contributed by atoms with E-state index in [1.165, 1.54) is 24.4 Å². The van der Waals surface area contributed by atoms with Crippen LogP contribution in [0.1, 0.15) is 5.56 Å². The van der Waals surface area contributed by atoms with E-state index >= 15 is 0 Å². The van der Waals surface area contributed by atoms with Crippen LogP contribution in [0.4, 0.5) is 0 Å². The minimum atomic E-state index is -1.02. The van der Waals surface area contributed by atoms with Crippen LogP contribution in [-0.2, 0) is 15.3 Å². The zero-order valence-corrected chi connectivity index (χ0v) is 9.37. The van der Waals surface area contributed by atoms with Crippen LogP contribution in [0.5, 0.6) is 0 Å². The van der Waals surface area contributed by atoms with Crippen molar-refractivity contribution in [3.63, 3.8) is 0 Å². The molecule has 0 amide bonds. The van der Waals surface area contributed by atoms with E-state index in [0.29, 0.717) is 5.75 Å². The first-order chi connectivity index (χ1) is 7.24. The molecule has 0 aliphatic carbocycles. The van der Waals surface area contributed by atoms with E-state index in [2.05, 4.69) is 4.74 Å². The van der Waals surface area contributed by atoms with Crippen molar-refractivity contribution >= 4 is 17.7 Å². The van der Waals surface area contributed by atoms with Crippen LogP contribution in [0, 0.1) is 0 Å². The molecule has 4 heteroatoms. The van der Waals surface area contributed by atoms with Gasteiger partial charge in [-0.05, 0) is 5.56 Å². The van der Waals surface area contributed by atoms with E-state index in [4.69, 9.17) is 0 Å². The van der Waals surface area contributed by atoms with Crippen molar-refractivity contribution in [1.82, 2.24) is 0 Å². The van der Waals surface area contributed by atoms with Crippen molar-refractivity contribution < 1.29 is 14.6 Å². The summed E-state index contributed by atoms with van der Waals surface area (Å²) in [5, 5.41) is 9.30. The van der Waals surface area contributed by atoms with Crippen molar-refractivity contribution in [3.05, 3.63) is 35.9 Å². The van der Waals surface area contributed by atoms with Crippen molar-refractivity contribution in [1.29, 1.82) is 0 Å². The molecule has 0 aliphatic rings. The number of ether oxygens (including phenoxy) is 1. The molecule has 0 heterocycles. The molecule has 15 heavy (non-hydrogen) atoms. The first-order valence-corrected chi connectivity index (χ1v) is 5.77. The normalized spacial score (nSPS) is 12.1. The summed E-state index contributed by atoms with van der Waals surface area (Å²) in [7, 11) is 1.27.